The van der Waals surface area contributed by atoms with Crippen LogP contribution in [0.5, 0.6) is 0 Å². The van der Waals surface area contributed by atoms with Crippen LogP contribution in [0.1, 0.15) is 5.01 Å². The first kappa shape index (κ1) is 12.1. The highest BCUT2D eigenvalue weighted by molar-refractivity contribution is 7.15. The molecule has 2 N–H and O–H groups in total. The SMILES string of the molecule is NCc1ncc(-c2cccc(-c3ccccc3)c2)s1. The van der Waals surface area contributed by atoms with E-state index in [4.69, 9.17) is 5.73 Å². The van der Waals surface area contributed by atoms with E-state index in [0.717, 1.165) is 5.01 Å². The van der Waals surface area contributed by atoms with Crippen LogP contribution in [-0.4, -0.2) is 4.98 Å². The van der Waals surface area contributed by atoms with Crippen LogP contribution >= 0.6 is 11.3 Å². The highest BCUT2D eigenvalue weighted by atomic mass is 32.1. The van der Waals surface area contributed by atoms with Crippen molar-refractivity contribution in [2.45, 2.75) is 6.54 Å². The van der Waals surface area contributed by atoms with E-state index in [0.29, 0.717) is 6.54 Å². The monoisotopic (exact) mass is 266 g/mol. The molecule has 0 saturated carbocycles. The van der Waals surface area contributed by atoms with Crippen LogP contribution in [0.25, 0.3) is 21.6 Å². The Morgan fingerprint density at radius 1 is 0.895 bits per heavy atom. The van der Waals surface area contributed by atoms with Gasteiger partial charge in [0.2, 0.25) is 0 Å². The second-order valence-corrected chi connectivity index (χ2v) is 5.38. The molecular formula is C16H14N2S. The third-order valence-electron chi connectivity index (χ3n) is 2.98. The molecule has 0 atom stereocenters. The first-order chi connectivity index (χ1) is 9.36. The minimum Gasteiger partial charge on any atom is -0.325 e. The van der Waals surface area contributed by atoms with Crippen LogP contribution < -0.4 is 5.73 Å². The maximum Gasteiger partial charge on any atom is 0.107 e. The number of aromatic nitrogens is 1. The molecule has 3 aromatic rings. The van der Waals surface area contributed by atoms with Gasteiger partial charge in [-0.25, -0.2) is 4.98 Å². The average Bonchev–Trinajstić information content (AvgIpc) is 2.97. The Morgan fingerprint density at radius 3 is 2.37 bits per heavy atom. The number of hydrogen-bond acceptors (Lipinski definition) is 3. The van der Waals surface area contributed by atoms with Crippen molar-refractivity contribution in [2.75, 3.05) is 0 Å². The second kappa shape index (κ2) is 5.34. The first-order valence-electron chi connectivity index (χ1n) is 6.17. The maximum absolute atomic E-state index is 5.61. The van der Waals surface area contributed by atoms with Crippen LogP contribution in [0.3, 0.4) is 0 Å². The highest BCUT2D eigenvalue weighted by Gasteiger charge is 2.05. The maximum atomic E-state index is 5.61. The normalized spacial score (nSPS) is 10.6. The molecule has 0 aliphatic carbocycles. The fraction of sp³-hybridized carbons (Fsp3) is 0.0625. The molecule has 0 amide bonds. The van der Waals surface area contributed by atoms with Gasteiger partial charge < -0.3 is 5.73 Å². The van der Waals surface area contributed by atoms with Crippen LogP contribution in [0, 0.1) is 0 Å². The minimum atomic E-state index is 0.503. The van der Waals surface area contributed by atoms with Gasteiger partial charge in [0.15, 0.2) is 0 Å². The molecule has 94 valence electrons. The Balaban J connectivity index is 2.00. The molecule has 0 radical (unpaired) electrons. The largest absolute Gasteiger partial charge is 0.325 e. The zero-order valence-corrected chi connectivity index (χ0v) is 11.2. The lowest BCUT2D eigenvalue weighted by Gasteiger charge is -2.03. The quantitative estimate of drug-likeness (QED) is 0.780. The van der Waals surface area contributed by atoms with Crippen molar-refractivity contribution in [2.24, 2.45) is 5.73 Å². The Kier molecular flexibility index (Phi) is 3.40. The van der Waals surface area contributed by atoms with E-state index in [1.807, 2.05) is 12.3 Å². The van der Waals surface area contributed by atoms with Gasteiger partial charge in [0.25, 0.3) is 0 Å². The van der Waals surface area contributed by atoms with Crippen LogP contribution in [-0.2, 0) is 6.54 Å². The number of nitrogens with two attached hydrogens (primary N) is 1. The van der Waals surface area contributed by atoms with Gasteiger partial charge in [0, 0.05) is 12.7 Å². The number of thiazole rings is 1. The summed E-state index contributed by atoms with van der Waals surface area (Å²) < 4.78 is 0. The number of benzene rings is 2. The molecule has 0 saturated heterocycles. The molecule has 3 rings (SSSR count). The molecule has 1 heterocycles. The first-order valence-corrected chi connectivity index (χ1v) is 6.99. The van der Waals surface area contributed by atoms with Crippen molar-refractivity contribution in [1.82, 2.24) is 4.98 Å². The minimum absolute atomic E-state index is 0.503. The lowest BCUT2D eigenvalue weighted by molar-refractivity contribution is 1.04. The summed E-state index contributed by atoms with van der Waals surface area (Å²) in [5, 5.41) is 0.972. The van der Waals surface area contributed by atoms with Crippen molar-refractivity contribution in [3.05, 3.63) is 65.8 Å². The molecule has 0 unspecified atom stereocenters. The van der Waals surface area contributed by atoms with Gasteiger partial charge in [-0.2, -0.15) is 0 Å². The molecule has 0 aliphatic heterocycles. The molecule has 3 heteroatoms. The number of hydrogen-bond donors (Lipinski definition) is 1. The molecule has 2 nitrogen and oxygen atoms in total. The molecular weight excluding hydrogens is 252 g/mol. The fourth-order valence-electron chi connectivity index (χ4n) is 2.02. The van der Waals surface area contributed by atoms with Gasteiger partial charge in [-0.15, -0.1) is 11.3 Å². The molecule has 0 aliphatic rings. The van der Waals surface area contributed by atoms with Gasteiger partial charge in [-0.1, -0.05) is 48.5 Å². The topological polar surface area (TPSA) is 38.9 Å². The second-order valence-electron chi connectivity index (χ2n) is 4.27. The zero-order chi connectivity index (χ0) is 13.1. The van der Waals surface area contributed by atoms with Crippen molar-refractivity contribution in [3.63, 3.8) is 0 Å². The van der Waals surface area contributed by atoms with Crippen molar-refractivity contribution in [1.29, 1.82) is 0 Å². The van der Waals surface area contributed by atoms with Crippen LogP contribution in [0.15, 0.2) is 60.8 Å². The van der Waals surface area contributed by atoms with Gasteiger partial charge >= 0.3 is 0 Å². The van der Waals surface area contributed by atoms with Gasteiger partial charge in [-0.3, -0.25) is 0 Å². The fourth-order valence-corrected chi connectivity index (χ4v) is 2.81. The van der Waals surface area contributed by atoms with E-state index >= 15 is 0 Å². The summed E-state index contributed by atoms with van der Waals surface area (Å²) in [7, 11) is 0. The lowest BCUT2D eigenvalue weighted by atomic mass is 10.0. The Labute approximate surface area is 116 Å². The van der Waals surface area contributed by atoms with Crippen molar-refractivity contribution in [3.8, 4) is 21.6 Å². The predicted molar refractivity (Wildman–Crippen MR) is 80.9 cm³/mol. The summed E-state index contributed by atoms with van der Waals surface area (Å²) in [6, 6.07) is 18.9. The Bertz CT molecular complexity index is 674. The van der Waals surface area contributed by atoms with E-state index in [1.54, 1.807) is 11.3 Å². The van der Waals surface area contributed by atoms with E-state index in [-0.39, 0.29) is 0 Å². The van der Waals surface area contributed by atoms with Crippen molar-refractivity contribution < 1.29 is 0 Å². The molecule has 1 aromatic heterocycles. The lowest BCUT2D eigenvalue weighted by Crippen LogP contribution is -1.93. The van der Waals surface area contributed by atoms with E-state index in [1.165, 1.54) is 21.6 Å². The third-order valence-corrected chi connectivity index (χ3v) is 4.05. The molecule has 0 spiro atoms. The summed E-state index contributed by atoms with van der Waals surface area (Å²) in [6.07, 6.45) is 1.90. The van der Waals surface area contributed by atoms with Crippen molar-refractivity contribution >= 4 is 11.3 Å². The van der Waals surface area contributed by atoms with Gasteiger partial charge in [0.05, 0.1) is 4.88 Å². The molecule has 19 heavy (non-hydrogen) atoms. The summed E-state index contributed by atoms with van der Waals surface area (Å²) in [5.74, 6) is 0. The summed E-state index contributed by atoms with van der Waals surface area (Å²) >= 11 is 1.65. The Hall–Kier alpha value is -1.97. The Morgan fingerprint density at radius 2 is 1.63 bits per heavy atom. The van der Waals surface area contributed by atoms with Gasteiger partial charge in [-0.05, 0) is 22.8 Å². The zero-order valence-electron chi connectivity index (χ0n) is 10.4. The average molecular weight is 266 g/mol. The highest BCUT2D eigenvalue weighted by Crippen LogP contribution is 2.29. The molecule has 0 bridgehead atoms. The predicted octanol–water partition coefficient (Wildman–Crippen LogP) is 3.94. The summed E-state index contributed by atoms with van der Waals surface area (Å²) in [5.41, 5.74) is 9.26. The van der Waals surface area contributed by atoms with E-state index in [9.17, 15) is 0 Å². The van der Waals surface area contributed by atoms with E-state index in [2.05, 4.69) is 53.5 Å². The summed E-state index contributed by atoms with van der Waals surface area (Å²) in [6.45, 7) is 0.503. The number of nitrogens with zero attached hydrogens (tertiary/aromatic N) is 1. The smallest absolute Gasteiger partial charge is 0.107 e. The van der Waals surface area contributed by atoms with Crippen LogP contribution in [0.2, 0.25) is 0 Å². The van der Waals surface area contributed by atoms with Gasteiger partial charge in [0.1, 0.15) is 5.01 Å². The molecule has 0 fully saturated rings. The summed E-state index contributed by atoms with van der Waals surface area (Å²) in [4.78, 5) is 5.47. The molecule has 2 aromatic carbocycles. The van der Waals surface area contributed by atoms with E-state index < -0.39 is 0 Å². The standard InChI is InChI=1S/C16H14N2S/c17-10-16-18-11-15(19-16)14-8-4-7-13(9-14)12-5-2-1-3-6-12/h1-9,11H,10,17H2. The van der Waals surface area contributed by atoms with Crippen LogP contribution in [0.4, 0.5) is 0 Å². The third kappa shape index (κ3) is 2.57. The number of rotatable bonds is 3.